The molecule has 0 bridgehead atoms. The summed E-state index contributed by atoms with van der Waals surface area (Å²) in [6.45, 7) is 9.39. The highest BCUT2D eigenvalue weighted by Crippen LogP contribution is 2.31. The quantitative estimate of drug-likeness (QED) is 0.916. The molecule has 0 aliphatic carbocycles. The third-order valence-corrected chi connectivity index (χ3v) is 5.05. The van der Waals surface area contributed by atoms with Gasteiger partial charge in [0.05, 0.1) is 11.9 Å². The fourth-order valence-corrected chi connectivity index (χ4v) is 3.47. The average molecular weight is 292 g/mol. The number of anilines is 1. The Morgan fingerprint density at radius 3 is 2.65 bits per heavy atom. The van der Waals surface area contributed by atoms with Gasteiger partial charge in [0, 0.05) is 10.9 Å². The van der Waals surface area contributed by atoms with Crippen LogP contribution in [0.25, 0.3) is 10.2 Å². The highest BCUT2D eigenvalue weighted by atomic mass is 32.1. The fraction of sp³-hybridized carbons (Fsp3) is 0.600. The van der Waals surface area contributed by atoms with Crippen molar-refractivity contribution in [3.05, 3.63) is 16.3 Å². The van der Waals surface area contributed by atoms with Crippen LogP contribution in [0, 0.1) is 13.8 Å². The first kappa shape index (κ1) is 15.2. The van der Waals surface area contributed by atoms with E-state index in [-0.39, 0.29) is 0 Å². The lowest BCUT2D eigenvalue weighted by molar-refractivity contribution is 0.232. The fourth-order valence-electron chi connectivity index (χ4n) is 2.41. The van der Waals surface area contributed by atoms with E-state index in [1.54, 1.807) is 11.3 Å². The highest BCUT2D eigenvalue weighted by Gasteiger charge is 2.15. The third kappa shape index (κ3) is 2.94. The molecule has 0 saturated heterocycles. The Bertz CT molecular complexity index is 605. The van der Waals surface area contributed by atoms with Crippen molar-refractivity contribution >= 4 is 27.4 Å². The van der Waals surface area contributed by atoms with Gasteiger partial charge in [-0.25, -0.2) is 9.97 Å². The zero-order chi connectivity index (χ0) is 14.9. The van der Waals surface area contributed by atoms with Crippen molar-refractivity contribution in [3.63, 3.8) is 0 Å². The van der Waals surface area contributed by atoms with Crippen LogP contribution < -0.4 is 5.73 Å². The lowest BCUT2D eigenvalue weighted by Gasteiger charge is -2.23. The molecule has 0 aliphatic heterocycles. The highest BCUT2D eigenvalue weighted by molar-refractivity contribution is 7.18. The van der Waals surface area contributed by atoms with Gasteiger partial charge in [0.15, 0.2) is 0 Å². The molecule has 2 aromatic heterocycles. The maximum Gasteiger partial charge on any atom is 0.146 e. The van der Waals surface area contributed by atoms with Gasteiger partial charge < -0.3 is 5.73 Å². The van der Waals surface area contributed by atoms with Crippen molar-refractivity contribution in [2.75, 3.05) is 12.8 Å². The third-order valence-electron chi connectivity index (χ3n) is 3.95. The lowest BCUT2D eigenvalue weighted by atomic mass is 10.2. The van der Waals surface area contributed by atoms with Crippen LogP contribution in [-0.2, 0) is 6.54 Å². The average Bonchev–Trinajstić information content (AvgIpc) is 2.65. The van der Waals surface area contributed by atoms with Crippen molar-refractivity contribution in [2.24, 2.45) is 0 Å². The van der Waals surface area contributed by atoms with Crippen LogP contribution in [-0.4, -0.2) is 28.0 Å². The van der Waals surface area contributed by atoms with Crippen LogP contribution in [0.1, 0.15) is 43.0 Å². The summed E-state index contributed by atoms with van der Waals surface area (Å²) in [5, 5.41) is 1.03. The second kappa shape index (κ2) is 6.06. The first-order chi connectivity index (χ1) is 9.43. The standard InChI is InChI=1S/C15H24N4S/c1-6-7-9(2)19(5)8-12-17-14(16)13-10(3)11(4)20-15(13)18-12/h9H,6-8H2,1-5H3,(H2,16,17,18). The van der Waals surface area contributed by atoms with Crippen LogP contribution in [0.15, 0.2) is 0 Å². The Labute approximate surface area is 125 Å². The van der Waals surface area contributed by atoms with E-state index in [2.05, 4.69) is 49.6 Å². The molecular weight excluding hydrogens is 268 g/mol. The summed E-state index contributed by atoms with van der Waals surface area (Å²) in [5.41, 5.74) is 7.33. The smallest absolute Gasteiger partial charge is 0.146 e. The van der Waals surface area contributed by atoms with Crippen molar-refractivity contribution in [1.29, 1.82) is 0 Å². The second-order valence-corrected chi connectivity index (χ2v) is 6.74. The van der Waals surface area contributed by atoms with Gasteiger partial charge in [-0.1, -0.05) is 13.3 Å². The molecule has 0 aliphatic rings. The Hall–Kier alpha value is -1.20. The van der Waals surface area contributed by atoms with Crippen molar-refractivity contribution < 1.29 is 0 Å². The molecule has 5 heteroatoms. The Kier molecular flexibility index (Phi) is 4.60. The number of rotatable bonds is 5. The molecule has 2 aromatic rings. The zero-order valence-electron chi connectivity index (χ0n) is 13.0. The lowest BCUT2D eigenvalue weighted by Crippen LogP contribution is -2.29. The number of nitrogens with zero attached hydrogens (tertiary/aromatic N) is 3. The normalized spacial score (nSPS) is 13.3. The molecule has 0 aromatic carbocycles. The summed E-state index contributed by atoms with van der Waals surface area (Å²) < 4.78 is 0. The summed E-state index contributed by atoms with van der Waals surface area (Å²) in [6, 6.07) is 0.535. The number of nitrogens with two attached hydrogens (primary N) is 1. The minimum atomic E-state index is 0.535. The maximum atomic E-state index is 6.12. The second-order valence-electron chi connectivity index (χ2n) is 5.54. The predicted octanol–water partition coefficient (Wildman–Crippen LogP) is 3.51. The van der Waals surface area contributed by atoms with E-state index in [0.717, 1.165) is 22.6 Å². The van der Waals surface area contributed by atoms with Crippen LogP contribution in [0.3, 0.4) is 0 Å². The molecule has 0 radical (unpaired) electrons. The number of fused-ring (bicyclic) bond motifs is 1. The van der Waals surface area contributed by atoms with Gasteiger partial charge in [0.2, 0.25) is 0 Å². The topological polar surface area (TPSA) is 55.0 Å². The van der Waals surface area contributed by atoms with Gasteiger partial charge in [0.25, 0.3) is 0 Å². The number of nitrogen functional groups attached to an aromatic ring is 1. The van der Waals surface area contributed by atoms with Gasteiger partial charge in [-0.15, -0.1) is 11.3 Å². The molecule has 1 unspecified atom stereocenters. The van der Waals surface area contributed by atoms with Crippen LogP contribution >= 0.6 is 11.3 Å². The maximum absolute atomic E-state index is 6.12. The molecule has 0 spiro atoms. The number of hydrogen-bond acceptors (Lipinski definition) is 5. The Balaban J connectivity index is 2.28. The minimum absolute atomic E-state index is 0.535. The van der Waals surface area contributed by atoms with Gasteiger partial charge in [-0.3, -0.25) is 4.90 Å². The molecule has 2 N–H and O–H groups in total. The zero-order valence-corrected chi connectivity index (χ0v) is 13.8. The molecule has 0 saturated carbocycles. The Morgan fingerprint density at radius 2 is 2.00 bits per heavy atom. The Morgan fingerprint density at radius 1 is 1.30 bits per heavy atom. The van der Waals surface area contributed by atoms with Crippen molar-refractivity contribution in [1.82, 2.24) is 14.9 Å². The van der Waals surface area contributed by atoms with E-state index >= 15 is 0 Å². The van der Waals surface area contributed by atoms with Crippen LogP contribution in [0.2, 0.25) is 0 Å². The van der Waals surface area contributed by atoms with Crippen LogP contribution in [0.5, 0.6) is 0 Å². The number of hydrogen-bond donors (Lipinski definition) is 1. The first-order valence-corrected chi connectivity index (χ1v) is 7.98. The van der Waals surface area contributed by atoms with E-state index in [1.165, 1.54) is 23.3 Å². The van der Waals surface area contributed by atoms with Crippen molar-refractivity contribution in [2.45, 2.75) is 53.1 Å². The summed E-state index contributed by atoms with van der Waals surface area (Å²) in [6.07, 6.45) is 2.38. The van der Waals surface area contributed by atoms with Gasteiger partial charge in [-0.2, -0.15) is 0 Å². The summed E-state index contributed by atoms with van der Waals surface area (Å²) in [4.78, 5) is 13.7. The molecule has 2 rings (SSSR count). The summed E-state index contributed by atoms with van der Waals surface area (Å²) in [5.74, 6) is 1.44. The van der Waals surface area contributed by atoms with Crippen molar-refractivity contribution in [3.8, 4) is 0 Å². The molecule has 0 amide bonds. The summed E-state index contributed by atoms with van der Waals surface area (Å²) >= 11 is 1.70. The van der Waals surface area contributed by atoms with Gasteiger partial charge in [-0.05, 0) is 39.8 Å². The number of aryl methyl sites for hydroxylation is 2. The molecule has 110 valence electrons. The molecule has 1 atom stereocenters. The molecule has 20 heavy (non-hydrogen) atoms. The van der Waals surface area contributed by atoms with E-state index in [9.17, 15) is 0 Å². The van der Waals surface area contributed by atoms with E-state index in [0.29, 0.717) is 11.9 Å². The largest absolute Gasteiger partial charge is 0.383 e. The van der Waals surface area contributed by atoms with E-state index < -0.39 is 0 Å². The SMILES string of the molecule is CCCC(C)N(C)Cc1nc(N)c2c(C)c(C)sc2n1. The van der Waals surface area contributed by atoms with Gasteiger partial charge >= 0.3 is 0 Å². The monoisotopic (exact) mass is 292 g/mol. The summed E-state index contributed by atoms with van der Waals surface area (Å²) in [7, 11) is 2.12. The molecular formula is C15H24N4S. The molecule has 4 nitrogen and oxygen atoms in total. The minimum Gasteiger partial charge on any atom is -0.383 e. The van der Waals surface area contributed by atoms with Gasteiger partial charge in [0.1, 0.15) is 16.5 Å². The predicted molar refractivity (Wildman–Crippen MR) is 87.1 cm³/mol. The van der Waals surface area contributed by atoms with Crippen LogP contribution in [0.4, 0.5) is 5.82 Å². The van der Waals surface area contributed by atoms with E-state index in [1.807, 2.05) is 0 Å². The first-order valence-electron chi connectivity index (χ1n) is 7.16. The number of thiophene rings is 1. The number of aromatic nitrogens is 2. The van der Waals surface area contributed by atoms with E-state index in [4.69, 9.17) is 5.73 Å². The molecule has 0 fully saturated rings. The molecule has 2 heterocycles.